The van der Waals surface area contributed by atoms with E-state index in [0.29, 0.717) is 11.4 Å². The van der Waals surface area contributed by atoms with Crippen LogP contribution in [-0.2, 0) is 0 Å². The van der Waals surface area contributed by atoms with Gasteiger partial charge in [0.05, 0.1) is 17.4 Å². The molecule has 0 unspecified atom stereocenters. The SMILES string of the molecule is O=C(Nc1cn[nH]c1)c1cscn1. The zero-order valence-electron chi connectivity index (χ0n) is 6.52. The predicted octanol–water partition coefficient (Wildman–Crippen LogP) is 1.12. The van der Waals surface area contributed by atoms with Crippen LogP contribution in [0.1, 0.15) is 10.5 Å². The maximum absolute atomic E-state index is 11.4. The van der Waals surface area contributed by atoms with Crippen LogP contribution in [0, 0.1) is 0 Å². The summed E-state index contributed by atoms with van der Waals surface area (Å²) in [4.78, 5) is 15.2. The Morgan fingerprint density at radius 2 is 2.54 bits per heavy atom. The lowest BCUT2D eigenvalue weighted by Crippen LogP contribution is -2.11. The summed E-state index contributed by atoms with van der Waals surface area (Å²) >= 11 is 1.39. The number of carbonyl (C=O) groups is 1. The second kappa shape index (κ2) is 3.36. The van der Waals surface area contributed by atoms with E-state index in [0.717, 1.165) is 0 Å². The molecule has 0 aliphatic carbocycles. The van der Waals surface area contributed by atoms with Gasteiger partial charge < -0.3 is 5.32 Å². The van der Waals surface area contributed by atoms with Gasteiger partial charge in [-0.15, -0.1) is 11.3 Å². The molecule has 0 fully saturated rings. The van der Waals surface area contributed by atoms with Crippen molar-refractivity contribution in [1.82, 2.24) is 15.2 Å². The monoisotopic (exact) mass is 194 g/mol. The van der Waals surface area contributed by atoms with Crippen molar-refractivity contribution in [3.63, 3.8) is 0 Å². The molecular formula is C7H6N4OS. The quantitative estimate of drug-likeness (QED) is 0.752. The van der Waals surface area contributed by atoms with Gasteiger partial charge in [-0.2, -0.15) is 5.10 Å². The molecule has 0 atom stereocenters. The number of aromatic amines is 1. The number of amides is 1. The molecule has 0 radical (unpaired) electrons. The third kappa shape index (κ3) is 1.73. The summed E-state index contributed by atoms with van der Waals surface area (Å²) in [7, 11) is 0. The summed E-state index contributed by atoms with van der Waals surface area (Å²) < 4.78 is 0. The lowest BCUT2D eigenvalue weighted by Gasteiger charge is -1.96. The van der Waals surface area contributed by atoms with Crippen LogP contribution in [-0.4, -0.2) is 21.1 Å². The van der Waals surface area contributed by atoms with Gasteiger partial charge in [0, 0.05) is 11.6 Å². The van der Waals surface area contributed by atoms with E-state index in [1.165, 1.54) is 17.5 Å². The van der Waals surface area contributed by atoms with Crippen molar-refractivity contribution in [3.8, 4) is 0 Å². The van der Waals surface area contributed by atoms with Crippen molar-refractivity contribution in [3.05, 3.63) is 29.0 Å². The molecule has 2 heterocycles. The number of hydrogen-bond acceptors (Lipinski definition) is 4. The summed E-state index contributed by atoms with van der Waals surface area (Å²) in [6.45, 7) is 0. The van der Waals surface area contributed by atoms with Gasteiger partial charge >= 0.3 is 0 Å². The molecule has 0 aliphatic heterocycles. The van der Waals surface area contributed by atoms with Gasteiger partial charge in [0.15, 0.2) is 0 Å². The second-order valence-electron chi connectivity index (χ2n) is 2.31. The Morgan fingerprint density at radius 3 is 3.15 bits per heavy atom. The van der Waals surface area contributed by atoms with Gasteiger partial charge in [-0.05, 0) is 0 Å². The maximum atomic E-state index is 11.4. The van der Waals surface area contributed by atoms with E-state index >= 15 is 0 Å². The van der Waals surface area contributed by atoms with Gasteiger partial charge in [0.1, 0.15) is 5.69 Å². The number of rotatable bonds is 2. The first-order valence-electron chi connectivity index (χ1n) is 3.54. The summed E-state index contributed by atoms with van der Waals surface area (Å²) in [5, 5.41) is 10.6. The molecule has 0 saturated heterocycles. The Kier molecular flexibility index (Phi) is 2.05. The van der Waals surface area contributed by atoms with Crippen molar-refractivity contribution in [1.29, 1.82) is 0 Å². The van der Waals surface area contributed by atoms with Crippen LogP contribution in [0.2, 0.25) is 0 Å². The van der Waals surface area contributed by atoms with Crippen LogP contribution in [0.4, 0.5) is 5.69 Å². The normalized spacial score (nSPS) is 9.85. The number of thiazole rings is 1. The Balaban J connectivity index is 2.08. The summed E-state index contributed by atoms with van der Waals surface area (Å²) in [5.74, 6) is -0.220. The van der Waals surface area contributed by atoms with Crippen LogP contribution in [0.3, 0.4) is 0 Å². The van der Waals surface area contributed by atoms with Crippen LogP contribution in [0.25, 0.3) is 0 Å². The van der Waals surface area contributed by atoms with Crippen molar-refractivity contribution in [2.75, 3.05) is 5.32 Å². The van der Waals surface area contributed by atoms with E-state index in [1.807, 2.05) is 0 Å². The number of H-pyrrole nitrogens is 1. The topological polar surface area (TPSA) is 70.7 Å². The summed E-state index contributed by atoms with van der Waals surface area (Å²) in [6.07, 6.45) is 3.13. The molecular weight excluding hydrogens is 188 g/mol. The first-order chi connectivity index (χ1) is 6.36. The zero-order chi connectivity index (χ0) is 9.10. The van der Waals surface area contributed by atoms with Gasteiger partial charge in [-0.1, -0.05) is 0 Å². The Labute approximate surface area is 77.8 Å². The van der Waals surface area contributed by atoms with Crippen molar-refractivity contribution in [2.45, 2.75) is 0 Å². The Morgan fingerprint density at radius 1 is 1.62 bits per heavy atom. The zero-order valence-corrected chi connectivity index (χ0v) is 7.34. The van der Waals surface area contributed by atoms with Gasteiger partial charge in [-0.25, -0.2) is 4.98 Å². The molecule has 2 N–H and O–H groups in total. The first-order valence-corrected chi connectivity index (χ1v) is 4.49. The number of nitrogens with one attached hydrogen (secondary N) is 2. The van der Waals surface area contributed by atoms with Crippen LogP contribution < -0.4 is 5.32 Å². The fourth-order valence-corrected chi connectivity index (χ4v) is 1.37. The van der Waals surface area contributed by atoms with E-state index in [1.54, 1.807) is 17.1 Å². The molecule has 66 valence electrons. The van der Waals surface area contributed by atoms with E-state index in [9.17, 15) is 4.79 Å². The minimum atomic E-state index is -0.220. The van der Waals surface area contributed by atoms with Crippen LogP contribution in [0.5, 0.6) is 0 Å². The lowest BCUT2D eigenvalue weighted by atomic mass is 10.4. The first kappa shape index (κ1) is 7.93. The van der Waals surface area contributed by atoms with E-state index in [4.69, 9.17) is 0 Å². The smallest absolute Gasteiger partial charge is 0.275 e. The molecule has 5 nitrogen and oxygen atoms in total. The number of nitrogens with zero attached hydrogens (tertiary/aromatic N) is 2. The minimum absolute atomic E-state index is 0.220. The fraction of sp³-hybridized carbons (Fsp3) is 0. The molecule has 6 heteroatoms. The number of carbonyl (C=O) groups excluding carboxylic acids is 1. The average molecular weight is 194 g/mol. The lowest BCUT2D eigenvalue weighted by molar-refractivity contribution is 0.102. The van der Waals surface area contributed by atoms with Gasteiger partial charge in [-0.3, -0.25) is 9.89 Å². The molecule has 2 aromatic rings. The van der Waals surface area contributed by atoms with Gasteiger partial charge in [0.2, 0.25) is 0 Å². The van der Waals surface area contributed by atoms with E-state index in [-0.39, 0.29) is 5.91 Å². The summed E-state index contributed by atoms with van der Waals surface area (Å²) in [6, 6.07) is 0. The van der Waals surface area contributed by atoms with Crippen LogP contribution >= 0.6 is 11.3 Å². The molecule has 0 saturated carbocycles. The van der Waals surface area contributed by atoms with Crippen molar-refractivity contribution >= 4 is 22.9 Å². The highest BCUT2D eigenvalue weighted by molar-refractivity contribution is 7.07. The second-order valence-corrected chi connectivity index (χ2v) is 3.03. The fourth-order valence-electron chi connectivity index (χ4n) is 0.839. The predicted molar refractivity (Wildman–Crippen MR) is 48.7 cm³/mol. The average Bonchev–Trinajstić information content (AvgIpc) is 2.74. The van der Waals surface area contributed by atoms with E-state index < -0.39 is 0 Å². The maximum Gasteiger partial charge on any atom is 0.275 e. The number of anilines is 1. The third-order valence-corrected chi connectivity index (χ3v) is 2.01. The highest BCUT2D eigenvalue weighted by Gasteiger charge is 2.07. The third-order valence-electron chi connectivity index (χ3n) is 1.42. The highest BCUT2D eigenvalue weighted by atomic mass is 32.1. The molecule has 2 aromatic heterocycles. The summed E-state index contributed by atoms with van der Waals surface area (Å²) in [5.41, 5.74) is 2.67. The molecule has 0 bridgehead atoms. The molecule has 0 spiro atoms. The van der Waals surface area contributed by atoms with Gasteiger partial charge in [0.25, 0.3) is 5.91 Å². The largest absolute Gasteiger partial charge is 0.318 e. The molecule has 1 amide bonds. The van der Waals surface area contributed by atoms with Crippen molar-refractivity contribution < 1.29 is 4.79 Å². The molecule has 2 rings (SSSR count). The standard InChI is InChI=1S/C7H6N4OS/c12-7(6-3-13-4-8-6)11-5-1-9-10-2-5/h1-4H,(H,9,10)(H,11,12). The molecule has 0 aliphatic rings. The number of hydrogen-bond donors (Lipinski definition) is 2. The van der Waals surface area contributed by atoms with Crippen molar-refractivity contribution in [2.24, 2.45) is 0 Å². The van der Waals surface area contributed by atoms with Crippen LogP contribution in [0.15, 0.2) is 23.3 Å². The Bertz CT molecular complexity index is 381. The van der Waals surface area contributed by atoms with E-state index in [2.05, 4.69) is 20.5 Å². The Hall–Kier alpha value is -1.69. The molecule has 13 heavy (non-hydrogen) atoms. The molecule has 0 aromatic carbocycles. The number of aromatic nitrogens is 3. The minimum Gasteiger partial charge on any atom is -0.318 e. The highest BCUT2D eigenvalue weighted by Crippen LogP contribution is 2.06.